The second-order valence-electron chi connectivity index (χ2n) is 7.40. The number of halogens is 3. The normalized spacial score (nSPS) is 11.3. The van der Waals surface area contributed by atoms with Gasteiger partial charge in [-0.2, -0.15) is 13.2 Å². The molecule has 0 bridgehead atoms. The number of aryl methyl sites for hydroxylation is 2. The summed E-state index contributed by atoms with van der Waals surface area (Å²) in [6.07, 6.45) is -4.62. The number of nitrogens with zero attached hydrogens (tertiary/aromatic N) is 1. The number of anilines is 2. The molecule has 1 N–H and O–H groups in total. The monoisotopic (exact) mass is 432 g/mol. The highest BCUT2D eigenvalue weighted by Gasteiger charge is 2.34. The minimum atomic E-state index is -4.62. The average Bonchev–Trinajstić information content (AvgIpc) is 3.16. The molecule has 0 aliphatic rings. The zero-order valence-corrected chi connectivity index (χ0v) is 17.6. The molecular formula is C23H23F3N2O3. The van der Waals surface area contributed by atoms with Crippen LogP contribution in [-0.2, 0) is 12.8 Å². The molecule has 0 aliphatic heterocycles. The molecule has 8 heteroatoms. The van der Waals surface area contributed by atoms with Crippen molar-refractivity contribution >= 4 is 17.3 Å². The second-order valence-corrected chi connectivity index (χ2v) is 7.40. The zero-order valence-electron chi connectivity index (χ0n) is 17.6. The topological polar surface area (TPSA) is 54.7 Å². The molecule has 0 radical (unpaired) electrons. The Hall–Kier alpha value is -3.42. The third-order valence-corrected chi connectivity index (χ3v) is 4.66. The van der Waals surface area contributed by atoms with E-state index in [4.69, 9.17) is 9.15 Å². The van der Waals surface area contributed by atoms with E-state index >= 15 is 0 Å². The first-order chi connectivity index (χ1) is 14.5. The first kappa shape index (κ1) is 22.3. The van der Waals surface area contributed by atoms with Crippen molar-refractivity contribution < 1.29 is 27.1 Å². The van der Waals surface area contributed by atoms with Gasteiger partial charge < -0.3 is 19.4 Å². The fourth-order valence-electron chi connectivity index (χ4n) is 3.03. The lowest BCUT2D eigenvalue weighted by molar-refractivity contribution is -0.136. The summed E-state index contributed by atoms with van der Waals surface area (Å²) in [5.74, 6) is 0.179. The number of benzene rings is 2. The number of alkyl halides is 3. The first-order valence-electron chi connectivity index (χ1n) is 9.53. The third-order valence-electron chi connectivity index (χ3n) is 4.66. The van der Waals surface area contributed by atoms with Crippen molar-refractivity contribution in [3.63, 3.8) is 0 Å². The molecule has 0 unspecified atom stereocenters. The molecule has 0 aliphatic carbocycles. The molecule has 1 heterocycles. The number of hydrogen-bond donors (Lipinski definition) is 1. The van der Waals surface area contributed by atoms with Crippen LogP contribution in [0.3, 0.4) is 0 Å². The SMILES string of the molecule is Cc1ccc(OCc2ccc(C(=O)Nc3ccc(N(C)C)cc3C(F)(F)F)o2)c(C)c1. The molecule has 1 amide bonds. The molecule has 2 aromatic carbocycles. The fraction of sp³-hybridized carbons (Fsp3) is 0.261. The molecule has 0 spiro atoms. The third kappa shape index (κ3) is 5.39. The summed E-state index contributed by atoms with van der Waals surface area (Å²) in [7, 11) is 3.27. The van der Waals surface area contributed by atoms with Crippen LogP contribution in [0.5, 0.6) is 5.75 Å². The predicted octanol–water partition coefficient (Wildman–Crippen LogP) is 5.81. The van der Waals surface area contributed by atoms with Gasteiger partial charge in [0.1, 0.15) is 18.1 Å². The van der Waals surface area contributed by atoms with Gasteiger partial charge in [-0.05, 0) is 55.8 Å². The van der Waals surface area contributed by atoms with E-state index in [1.54, 1.807) is 25.1 Å². The highest BCUT2D eigenvalue weighted by molar-refractivity contribution is 6.02. The van der Waals surface area contributed by atoms with Crippen LogP contribution in [0.1, 0.15) is 33.0 Å². The van der Waals surface area contributed by atoms with Crippen LogP contribution < -0.4 is 15.0 Å². The van der Waals surface area contributed by atoms with Crippen LogP contribution in [-0.4, -0.2) is 20.0 Å². The summed E-state index contributed by atoms with van der Waals surface area (Å²) >= 11 is 0. The Morgan fingerprint density at radius 1 is 1.06 bits per heavy atom. The van der Waals surface area contributed by atoms with E-state index in [1.807, 2.05) is 32.0 Å². The summed E-state index contributed by atoms with van der Waals surface area (Å²) in [4.78, 5) is 14.0. The highest BCUT2D eigenvalue weighted by atomic mass is 19.4. The second kappa shape index (κ2) is 8.75. The van der Waals surface area contributed by atoms with Gasteiger partial charge in [0.15, 0.2) is 5.76 Å². The van der Waals surface area contributed by atoms with E-state index < -0.39 is 17.6 Å². The average molecular weight is 432 g/mol. The summed E-state index contributed by atoms with van der Waals surface area (Å²) in [5.41, 5.74) is 1.17. The maximum atomic E-state index is 13.5. The van der Waals surface area contributed by atoms with Crippen molar-refractivity contribution in [1.29, 1.82) is 0 Å². The maximum Gasteiger partial charge on any atom is 0.418 e. The zero-order chi connectivity index (χ0) is 22.8. The van der Waals surface area contributed by atoms with E-state index in [0.717, 1.165) is 17.2 Å². The van der Waals surface area contributed by atoms with Crippen LogP contribution in [0.2, 0.25) is 0 Å². The summed E-state index contributed by atoms with van der Waals surface area (Å²) in [6, 6.07) is 12.4. The lowest BCUT2D eigenvalue weighted by atomic mass is 10.1. The minimum absolute atomic E-state index is 0.0858. The first-order valence-corrected chi connectivity index (χ1v) is 9.53. The van der Waals surface area contributed by atoms with Crippen molar-refractivity contribution in [3.8, 4) is 5.75 Å². The van der Waals surface area contributed by atoms with E-state index in [1.165, 1.54) is 18.2 Å². The standard InChI is InChI=1S/C23H23F3N2O3/c1-14-5-9-20(15(2)11-14)30-13-17-7-10-21(31-17)22(29)27-19-8-6-16(28(3)4)12-18(19)23(24,25)26/h5-12H,13H2,1-4H3,(H,27,29). The Morgan fingerprint density at radius 3 is 2.45 bits per heavy atom. The van der Waals surface area contributed by atoms with Gasteiger partial charge in [-0.3, -0.25) is 4.79 Å². The number of hydrogen-bond acceptors (Lipinski definition) is 4. The Kier molecular flexibility index (Phi) is 6.29. The molecule has 31 heavy (non-hydrogen) atoms. The highest BCUT2D eigenvalue weighted by Crippen LogP contribution is 2.37. The van der Waals surface area contributed by atoms with Crippen LogP contribution in [0.4, 0.5) is 24.5 Å². The number of furan rings is 1. The van der Waals surface area contributed by atoms with Gasteiger partial charge in [0, 0.05) is 19.8 Å². The molecule has 0 atom stereocenters. The van der Waals surface area contributed by atoms with Crippen molar-refractivity contribution in [2.24, 2.45) is 0 Å². The Labute approximate surface area is 178 Å². The maximum absolute atomic E-state index is 13.5. The number of ether oxygens (including phenoxy) is 1. The number of amides is 1. The minimum Gasteiger partial charge on any atom is -0.485 e. The quantitative estimate of drug-likeness (QED) is 0.534. The van der Waals surface area contributed by atoms with Gasteiger partial charge in [0.25, 0.3) is 5.91 Å². The van der Waals surface area contributed by atoms with Crippen LogP contribution in [0.25, 0.3) is 0 Å². The predicted molar refractivity (Wildman–Crippen MR) is 113 cm³/mol. The number of rotatable bonds is 6. The number of carbonyl (C=O) groups excluding carboxylic acids is 1. The molecule has 0 fully saturated rings. The molecule has 1 aromatic heterocycles. The Morgan fingerprint density at radius 2 is 1.81 bits per heavy atom. The van der Waals surface area contributed by atoms with Crippen molar-refractivity contribution in [2.45, 2.75) is 26.6 Å². The van der Waals surface area contributed by atoms with Crippen LogP contribution in [0, 0.1) is 13.8 Å². The number of carbonyl (C=O) groups is 1. The summed E-state index contributed by atoms with van der Waals surface area (Å²) < 4.78 is 51.5. The molecule has 0 saturated heterocycles. The lowest BCUT2D eigenvalue weighted by Crippen LogP contribution is -2.17. The van der Waals surface area contributed by atoms with E-state index in [2.05, 4.69) is 5.32 Å². The van der Waals surface area contributed by atoms with Crippen molar-refractivity contribution in [2.75, 3.05) is 24.3 Å². The van der Waals surface area contributed by atoms with Crippen LogP contribution >= 0.6 is 0 Å². The lowest BCUT2D eigenvalue weighted by Gasteiger charge is -2.18. The van der Waals surface area contributed by atoms with Gasteiger partial charge in [-0.25, -0.2) is 0 Å². The van der Waals surface area contributed by atoms with Gasteiger partial charge in [-0.15, -0.1) is 0 Å². The Bertz CT molecular complexity index is 1090. The molecule has 164 valence electrons. The van der Waals surface area contributed by atoms with Crippen molar-refractivity contribution in [3.05, 3.63) is 76.7 Å². The van der Waals surface area contributed by atoms with E-state index in [-0.39, 0.29) is 18.1 Å². The molecule has 3 rings (SSSR count). The van der Waals surface area contributed by atoms with Gasteiger partial charge in [0.05, 0.1) is 11.3 Å². The van der Waals surface area contributed by atoms with Gasteiger partial charge in [0.2, 0.25) is 0 Å². The summed E-state index contributed by atoms with van der Waals surface area (Å²) in [6.45, 7) is 3.98. The van der Waals surface area contributed by atoms with Crippen LogP contribution in [0.15, 0.2) is 52.9 Å². The molecule has 0 saturated carbocycles. The van der Waals surface area contributed by atoms with Gasteiger partial charge in [-0.1, -0.05) is 17.7 Å². The van der Waals surface area contributed by atoms with Crippen molar-refractivity contribution in [1.82, 2.24) is 0 Å². The van der Waals surface area contributed by atoms with Gasteiger partial charge >= 0.3 is 6.18 Å². The van der Waals surface area contributed by atoms with E-state index in [0.29, 0.717) is 17.2 Å². The summed E-state index contributed by atoms with van der Waals surface area (Å²) in [5, 5.41) is 2.29. The largest absolute Gasteiger partial charge is 0.485 e. The fourth-order valence-corrected chi connectivity index (χ4v) is 3.03. The molecule has 3 aromatic rings. The molecular weight excluding hydrogens is 409 g/mol. The number of nitrogens with one attached hydrogen (secondary N) is 1. The smallest absolute Gasteiger partial charge is 0.418 e. The molecule has 5 nitrogen and oxygen atoms in total. The van der Waals surface area contributed by atoms with E-state index in [9.17, 15) is 18.0 Å². The Balaban J connectivity index is 1.72.